The summed E-state index contributed by atoms with van der Waals surface area (Å²) in [4.78, 5) is 23.8. The largest absolute Gasteiger partial charge is 0.371 e. The number of hydrazine groups is 1. The van der Waals surface area contributed by atoms with Crippen LogP contribution in [-0.2, 0) is 16.0 Å². The maximum atomic E-state index is 11.7. The van der Waals surface area contributed by atoms with Crippen molar-refractivity contribution in [2.75, 3.05) is 13.2 Å². The van der Waals surface area contributed by atoms with E-state index in [1.807, 2.05) is 30.3 Å². The first-order valence-electron chi connectivity index (χ1n) is 6.61. The second kappa shape index (κ2) is 8.67. The van der Waals surface area contributed by atoms with Crippen LogP contribution in [0.5, 0.6) is 0 Å². The fraction of sp³-hybridized carbons (Fsp3) is 0.200. The van der Waals surface area contributed by atoms with Gasteiger partial charge in [-0.3, -0.25) is 20.4 Å². The zero-order valence-electron chi connectivity index (χ0n) is 11.7. The van der Waals surface area contributed by atoms with Gasteiger partial charge in [0.25, 0.3) is 11.8 Å². The van der Waals surface area contributed by atoms with E-state index in [2.05, 4.69) is 26.8 Å². The summed E-state index contributed by atoms with van der Waals surface area (Å²) in [6.45, 7) is 0.352. The molecule has 116 valence electrons. The summed E-state index contributed by atoms with van der Waals surface area (Å²) >= 11 is 4.56. The molecule has 22 heavy (non-hydrogen) atoms. The minimum Gasteiger partial charge on any atom is -0.371 e. The molecule has 2 N–H and O–H groups in total. The molecule has 0 aliphatic carbocycles. The Balaban J connectivity index is 1.61. The maximum absolute atomic E-state index is 11.7. The Hall–Kier alpha value is -1.70. The Morgan fingerprint density at radius 1 is 1.09 bits per heavy atom. The number of halogens is 1. The number of hydrogen-bond acceptors (Lipinski definition) is 4. The lowest BCUT2D eigenvalue weighted by Gasteiger charge is -2.07. The van der Waals surface area contributed by atoms with Crippen LogP contribution < -0.4 is 10.9 Å². The van der Waals surface area contributed by atoms with E-state index in [1.54, 1.807) is 12.1 Å². The number of benzene rings is 1. The molecule has 0 bridgehead atoms. The van der Waals surface area contributed by atoms with E-state index in [1.165, 1.54) is 11.3 Å². The van der Waals surface area contributed by atoms with Crippen molar-refractivity contribution >= 4 is 39.1 Å². The quantitative estimate of drug-likeness (QED) is 0.595. The zero-order valence-corrected chi connectivity index (χ0v) is 14.1. The zero-order chi connectivity index (χ0) is 15.8. The number of carbonyl (C=O) groups excluding carboxylic acids is 2. The molecule has 1 aromatic heterocycles. The highest BCUT2D eigenvalue weighted by atomic mass is 79.9. The van der Waals surface area contributed by atoms with E-state index in [-0.39, 0.29) is 12.5 Å². The smallest absolute Gasteiger partial charge is 0.279 e. The summed E-state index contributed by atoms with van der Waals surface area (Å²) in [6, 6.07) is 13.3. The van der Waals surface area contributed by atoms with Gasteiger partial charge in [0.05, 0.1) is 15.3 Å². The second-order valence-electron chi connectivity index (χ2n) is 4.39. The molecular formula is C15H15BrN2O3S. The highest BCUT2D eigenvalue weighted by molar-refractivity contribution is 9.11. The minimum absolute atomic E-state index is 0.0960. The number of ether oxygens (including phenoxy) is 1. The van der Waals surface area contributed by atoms with Crippen LogP contribution in [0.1, 0.15) is 15.2 Å². The number of carbonyl (C=O) groups is 2. The fourth-order valence-electron chi connectivity index (χ4n) is 1.66. The van der Waals surface area contributed by atoms with Gasteiger partial charge in [-0.15, -0.1) is 11.3 Å². The van der Waals surface area contributed by atoms with Crippen molar-refractivity contribution in [3.63, 3.8) is 0 Å². The Morgan fingerprint density at radius 3 is 2.55 bits per heavy atom. The molecule has 0 aliphatic heterocycles. The molecule has 2 aromatic rings. The topological polar surface area (TPSA) is 67.4 Å². The lowest BCUT2D eigenvalue weighted by Crippen LogP contribution is -2.43. The summed E-state index contributed by atoms with van der Waals surface area (Å²) in [7, 11) is 0. The molecule has 0 fully saturated rings. The van der Waals surface area contributed by atoms with Crippen LogP contribution in [0.25, 0.3) is 0 Å². The third-order valence-corrected chi connectivity index (χ3v) is 4.35. The Bertz CT molecular complexity index is 631. The highest BCUT2D eigenvalue weighted by Gasteiger charge is 2.09. The summed E-state index contributed by atoms with van der Waals surface area (Å²) in [5, 5.41) is 0. The standard InChI is InChI=1S/C15H15BrN2O3S/c16-13-7-6-12(22-13)15(20)18-17-14(19)10-21-9-8-11-4-2-1-3-5-11/h1-7H,8-10H2,(H,17,19)(H,18,20). The lowest BCUT2D eigenvalue weighted by atomic mass is 10.2. The van der Waals surface area contributed by atoms with Crippen LogP contribution in [0.4, 0.5) is 0 Å². The summed E-state index contributed by atoms with van der Waals surface area (Å²) < 4.78 is 6.13. The van der Waals surface area contributed by atoms with Crippen LogP contribution in [0.3, 0.4) is 0 Å². The number of rotatable bonds is 6. The van der Waals surface area contributed by atoms with Crippen molar-refractivity contribution in [2.24, 2.45) is 0 Å². The van der Waals surface area contributed by atoms with Crippen molar-refractivity contribution in [1.29, 1.82) is 0 Å². The third kappa shape index (κ3) is 5.59. The molecule has 7 heteroatoms. The first-order valence-corrected chi connectivity index (χ1v) is 8.22. The monoisotopic (exact) mass is 382 g/mol. The van der Waals surface area contributed by atoms with Gasteiger partial charge in [-0.1, -0.05) is 30.3 Å². The number of nitrogens with one attached hydrogen (secondary N) is 2. The van der Waals surface area contributed by atoms with Crippen molar-refractivity contribution in [3.8, 4) is 0 Å². The molecule has 0 saturated heterocycles. The van der Waals surface area contributed by atoms with E-state index in [0.717, 1.165) is 15.8 Å². The van der Waals surface area contributed by atoms with Crippen molar-refractivity contribution in [1.82, 2.24) is 10.9 Å². The molecule has 0 atom stereocenters. The van der Waals surface area contributed by atoms with E-state index >= 15 is 0 Å². The second-order valence-corrected chi connectivity index (χ2v) is 6.86. The molecule has 0 saturated carbocycles. The first-order chi connectivity index (χ1) is 10.6. The van der Waals surface area contributed by atoms with E-state index in [9.17, 15) is 9.59 Å². The normalized spacial score (nSPS) is 10.2. The van der Waals surface area contributed by atoms with Crippen LogP contribution in [0.2, 0.25) is 0 Å². The molecule has 0 spiro atoms. The SMILES string of the molecule is O=C(COCCc1ccccc1)NNC(=O)c1ccc(Br)s1. The van der Waals surface area contributed by atoms with E-state index < -0.39 is 5.91 Å². The van der Waals surface area contributed by atoms with Gasteiger partial charge in [-0.2, -0.15) is 0 Å². The van der Waals surface area contributed by atoms with Gasteiger partial charge in [-0.05, 0) is 40.0 Å². The lowest BCUT2D eigenvalue weighted by molar-refractivity contribution is -0.126. The van der Waals surface area contributed by atoms with Gasteiger partial charge in [0.15, 0.2) is 0 Å². The van der Waals surface area contributed by atoms with Crippen LogP contribution in [-0.4, -0.2) is 25.0 Å². The van der Waals surface area contributed by atoms with Crippen molar-refractivity contribution in [3.05, 3.63) is 56.7 Å². The molecule has 2 amide bonds. The van der Waals surface area contributed by atoms with Crippen LogP contribution in [0.15, 0.2) is 46.3 Å². The number of hydrogen-bond donors (Lipinski definition) is 2. The summed E-state index contributed by atoms with van der Waals surface area (Å²) in [6.07, 6.45) is 0.740. The van der Waals surface area contributed by atoms with Gasteiger partial charge in [-0.25, -0.2) is 0 Å². The van der Waals surface area contributed by atoms with Gasteiger partial charge in [0, 0.05) is 0 Å². The van der Waals surface area contributed by atoms with Crippen LogP contribution in [0, 0.1) is 0 Å². The van der Waals surface area contributed by atoms with E-state index in [0.29, 0.717) is 11.5 Å². The Labute approximate surface area is 140 Å². The van der Waals surface area contributed by atoms with Gasteiger partial charge >= 0.3 is 0 Å². The van der Waals surface area contributed by atoms with Gasteiger partial charge in [0.1, 0.15) is 6.61 Å². The van der Waals surface area contributed by atoms with Crippen LogP contribution >= 0.6 is 27.3 Å². The Kier molecular flexibility index (Phi) is 6.57. The average molecular weight is 383 g/mol. The Morgan fingerprint density at radius 2 is 1.86 bits per heavy atom. The predicted octanol–water partition coefficient (Wildman–Crippen LogP) is 2.53. The van der Waals surface area contributed by atoms with Gasteiger partial charge in [0.2, 0.25) is 0 Å². The molecule has 5 nitrogen and oxygen atoms in total. The maximum Gasteiger partial charge on any atom is 0.279 e. The third-order valence-electron chi connectivity index (χ3n) is 2.72. The molecule has 1 heterocycles. The first kappa shape index (κ1) is 16.7. The number of amides is 2. The molecular weight excluding hydrogens is 368 g/mol. The minimum atomic E-state index is -0.392. The summed E-state index contributed by atoms with van der Waals surface area (Å²) in [5.74, 6) is -0.745. The molecule has 1 aromatic carbocycles. The van der Waals surface area contributed by atoms with Crippen molar-refractivity contribution < 1.29 is 14.3 Å². The summed E-state index contributed by atoms with van der Waals surface area (Å²) in [5.41, 5.74) is 5.81. The number of thiophene rings is 1. The predicted molar refractivity (Wildman–Crippen MR) is 88.6 cm³/mol. The molecule has 0 unspecified atom stereocenters. The van der Waals surface area contributed by atoms with Crippen molar-refractivity contribution in [2.45, 2.75) is 6.42 Å². The molecule has 0 aliphatic rings. The fourth-order valence-corrected chi connectivity index (χ4v) is 2.94. The average Bonchev–Trinajstić information content (AvgIpc) is 2.97. The molecule has 0 radical (unpaired) electrons. The van der Waals surface area contributed by atoms with E-state index in [4.69, 9.17) is 4.74 Å². The highest BCUT2D eigenvalue weighted by Crippen LogP contribution is 2.21. The van der Waals surface area contributed by atoms with Gasteiger partial charge < -0.3 is 4.74 Å². The molecule has 2 rings (SSSR count).